The van der Waals surface area contributed by atoms with Crippen molar-refractivity contribution in [2.45, 2.75) is 31.8 Å². The number of hydrogen-bond acceptors (Lipinski definition) is 9. The van der Waals surface area contributed by atoms with Crippen LogP contribution < -0.4 is 17.1 Å². The van der Waals surface area contributed by atoms with Gasteiger partial charge in [-0.25, -0.2) is 37.7 Å². The Hall–Kier alpha value is -5.59. The largest absolute Gasteiger partial charge is 0.459 e. The number of carbonyl (C=O) groups excluding carboxylic acids is 2. The third kappa shape index (κ3) is 6.72. The molecule has 2 N–H and O–H groups in total. The first kappa shape index (κ1) is 31.8. The van der Waals surface area contributed by atoms with E-state index in [0.29, 0.717) is 24.5 Å². The smallest absolute Gasteiger partial charge is 0.338 e. The highest BCUT2D eigenvalue weighted by molar-refractivity contribution is 6.05. The van der Waals surface area contributed by atoms with E-state index in [9.17, 15) is 34.2 Å². The summed E-state index contributed by atoms with van der Waals surface area (Å²) in [6.45, 7) is 0.913. The van der Waals surface area contributed by atoms with Crippen molar-refractivity contribution in [2.75, 3.05) is 13.2 Å². The van der Waals surface area contributed by atoms with Crippen LogP contribution in [0.2, 0.25) is 0 Å². The lowest BCUT2D eigenvalue weighted by atomic mass is 10.1. The molecule has 0 amide bonds. The summed E-state index contributed by atoms with van der Waals surface area (Å²) in [6.07, 6.45) is -1.73. The topological polar surface area (TPSA) is 159 Å². The molecule has 12 nitrogen and oxygen atoms in total. The highest BCUT2D eigenvalue weighted by Crippen LogP contribution is 2.20. The Balaban J connectivity index is 1.30. The van der Waals surface area contributed by atoms with Crippen LogP contribution in [0, 0.1) is 0 Å². The second-order valence-corrected chi connectivity index (χ2v) is 10.5. The molecule has 236 valence electrons. The Kier molecular flexibility index (Phi) is 9.70. The summed E-state index contributed by atoms with van der Waals surface area (Å²) in [6, 6.07) is 24.6. The van der Waals surface area contributed by atoms with Gasteiger partial charge in [0.25, 0.3) is 0 Å². The van der Waals surface area contributed by atoms with Gasteiger partial charge in [-0.05, 0) is 33.7 Å². The summed E-state index contributed by atoms with van der Waals surface area (Å²) in [5.74, 6) is -1.42. The van der Waals surface area contributed by atoms with Crippen LogP contribution in [0.1, 0.15) is 20.7 Å². The van der Waals surface area contributed by atoms with Crippen LogP contribution in [-0.4, -0.2) is 61.3 Å². The van der Waals surface area contributed by atoms with E-state index >= 15 is 0 Å². The molecule has 1 aromatic heterocycles. The molecule has 0 radical (unpaired) electrons. The number of esters is 2. The zero-order chi connectivity index (χ0) is 32.8. The van der Waals surface area contributed by atoms with Crippen molar-refractivity contribution in [1.29, 1.82) is 0 Å². The fraction of sp³-hybridized carbons (Fsp3) is 0.206. The van der Waals surface area contributed by atoms with Crippen LogP contribution in [0.5, 0.6) is 0 Å². The SMILES string of the molecule is C=CCn1c(=O)n(CC(O)COC(=O)c2cccc3ccccc23)c(=O)n(CC(O)COC(=O)c2cccc3ccccc23)c1=O. The number of ether oxygens (including phenoxy) is 2. The monoisotopic (exact) mass is 625 g/mol. The molecule has 0 fully saturated rings. The molecule has 2 atom stereocenters. The predicted octanol–water partition coefficient (Wildman–Crippen LogP) is 2.10. The van der Waals surface area contributed by atoms with Gasteiger partial charge in [0.15, 0.2) is 0 Å². The molecule has 5 rings (SSSR count). The fourth-order valence-electron chi connectivity index (χ4n) is 5.11. The van der Waals surface area contributed by atoms with Crippen molar-refractivity contribution in [2.24, 2.45) is 0 Å². The molecule has 5 aromatic rings. The molecule has 0 saturated heterocycles. The van der Waals surface area contributed by atoms with Gasteiger partial charge in [0, 0.05) is 0 Å². The van der Waals surface area contributed by atoms with E-state index < -0.39 is 67.5 Å². The summed E-state index contributed by atoms with van der Waals surface area (Å²) in [5, 5.41) is 24.3. The zero-order valence-corrected chi connectivity index (χ0v) is 24.7. The second kappa shape index (κ2) is 14.0. The molecule has 4 aromatic carbocycles. The third-order valence-corrected chi connectivity index (χ3v) is 7.32. The Morgan fingerprint density at radius 3 is 1.46 bits per heavy atom. The van der Waals surface area contributed by atoms with Crippen molar-refractivity contribution in [1.82, 2.24) is 13.7 Å². The number of carbonyl (C=O) groups is 2. The van der Waals surface area contributed by atoms with Crippen molar-refractivity contribution in [3.63, 3.8) is 0 Å². The molecular weight excluding hydrogens is 594 g/mol. The number of benzene rings is 4. The van der Waals surface area contributed by atoms with E-state index in [1.54, 1.807) is 48.5 Å². The minimum absolute atomic E-state index is 0.268. The van der Waals surface area contributed by atoms with Crippen LogP contribution in [0.3, 0.4) is 0 Å². The third-order valence-electron chi connectivity index (χ3n) is 7.32. The van der Waals surface area contributed by atoms with Gasteiger partial charge >= 0.3 is 29.0 Å². The molecule has 1 heterocycles. The van der Waals surface area contributed by atoms with Gasteiger partial charge < -0.3 is 19.7 Å². The van der Waals surface area contributed by atoms with E-state index in [4.69, 9.17) is 9.47 Å². The lowest BCUT2D eigenvalue weighted by Gasteiger charge is -2.18. The van der Waals surface area contributed by atoms with Crippen LogP contribution in [0.25, 0.3) is 21.5 Å². The molecule has 46 heavy (non-hydrogen) atoms. The summed E-state index contributed by atoms with van der Waals surface area (Å²) in [4.78, 5) is 65.0. The molecular formula is C34H31N3O9. The number of aromatic nitrogens is 3. The molecule has 0 aliphatic heterocycles. The summed E-state index contributed by atoms with van der Waals surface area (Å²) in [5.41, 5.74) is -2.61. The maximum atomic E-state index is 13.3. The van der Waals surface area contributed by atoms with E-state index in [-0.39, 0.29) is 17.7 Å². The van der Waals surface area contributed by atoms with Gasteiger partial charge in [-0.1, -0.05) is 78.9 Å². The van der Waals surface area contributed by atoms with Crippen molar-refractivity contribution in [3.05, 3.63) is 140 Å². The number of fused-ring (bicyclic) bond motifs is 2. The minimum atomic E-state index is -1.50. The lowest BCUT2D eigenvalue weighted by molar-refractivity contribution is 0.0191. The number of hydrogen-bond donors (Lipinski definition) is 2. The molecule has 0 aliphatic carbocycles. The first-order valence-electron chi connectivity index (χ1n) is 14.4. The normalized spacial score (nSPS) is 12.5. The van der Waals surface area contributed by atoms with E-state index in [0.717, 1.165) is 10.8 Å². The molecule has 0 bridgehead atoms. The maximum Gasteiger partial charge on any atom is 0.338 e. The average molecular weight is 626 g/mol. The van der Waals surface area contributed by atoms with Gasteiger partial charge in [-0.3, -0.25) is 0 Å². The van der Waals surface area contributed by atoms with Crippen molar-refractivity contribution < 1.29 is 29.3 Å². The Labute approximate surface area is 261 Å². The molecule has 12 heteroatoms. The number of nitrogens with zero attached hydrogens (tertiary/aromatic N) is 3. The number of aliphatic hydroxyl groups is 2. The minimum Gasteiger partial charge on any atom is -0.459 e. The summed E-state index contributed by atoms with van der Waals surface area (Å²) >= 11 is 0. The van der Waals surface area contributed by atoms with Crippen molar-refractivity contribution >= 4 is 33.5 Å². The van der Waals surface area contributed by atoms with Crippen LogP contribution in [0.15, 0.2) is 112 Å². The number of aliphatic hydroxyl groups excluding tert-OH is 2. The first-order valence-corrected chi connectivity index (χ1v) is 14.4. The Bertz CT molecular complexity index is 1960. The quantitative estimate of drug-likeness (QED) is 0.156. The Morgan fingerprint density at radius 1 is 0.630 bits per heavy atom. The first-order chi connectivity index (χ1) is 22.2. The maximum absolute atomic E-state index is 13.3. The summed E-state index contributed by atoms with van der Waals surface area (Å²) < 4.78 is 12.5. The molecule has 0 aliphatic rings. The van der Waals surface area contributed by atoms with Gasteiger partial charge in [0.2, 0.25) is 0 Å². The van der Waals surface area contributed by atoms with Crippen LogP contribution in [0.4, 0.5) is 0 Å². The Morgan fingerprint density at radius 2 is 1.02 bits per heavy atom. The van der Waals surface area contributed by atoms with Gasteiger partial charge in [-0.15, -0.1) is 6.58 Å². The summed E-state index contributed by atoms with van der Waals surface area (Å²) in [7, 11) is 0. The standard InChI is InChI=1S/C34H31N3O9/c1-2-17-35-32(42)36(18-24(38)20-45-30(40)28-15-7-11-22-9-3-5-13-26(22)28)34(44)37(33(35)43)19-25(39)21-46-31(41)29-16-8-12-23-10-4-6-14-27(23)29/h2-16,24-25,38-39H,1,17-21H2. The highest BCUT2D eigenvalue weighted by Gasteiger charge is 2.22. The van der Waals surface area contributed by atoms with E-state index in [1.165, 1.54) is 6.08 Å². The average Bonchev–Trinajstić information content (AvgIpc) is 3.07. The van der Waals surface area contributed by atoms with Gasteiger partial charge in [-0.2, -0.15) is 0 Å². The second-order valence-electron chi connectivity index (χ2n) is 10.5. The van der Waals surface area contributed by atoms with E-state index in [2.05, 4.69) is 6.58 Å². The molecule has 0 spiro atoms. The highest BCUT2D eigenvalue weighted by atomic mass is 16.5. The fourth-order valence-corrected chi connectivity index (χ4v) is 5.11. The van der Waals surface area contributed by atoms with Gasteiger partial charge in [0.1, 0.15) is 25.4 Å². The van der Waals surface area contributed by atoms with Crippen LogP contribution in [-0.2, 0) is 29.1 Å². The predicted molar refractivity (Wildman–Crippen MR) is 170 cm³/mol. The lowest BCUT2D eigenvalue weighted by Crippen LogP contribution is -2.56. The molecule has 2 unspecified atom stereocenters. The van der Waals surface area contributed by atoms with E-state index in [1.807, 2.05) is 36.4 Å². The van der Waals surface area contributed by atoms with Crippen molar-refractivity contribution in [3.8, 4) is 0 Å². The van der Waals surface area contributed by atoms with Gasteiger partial charge in [0.05, 0.1) is 30.8 Å². The number of allylic oxidation sites excluding steroid dienone is 1. The molecule has 0 saturated carbocycles. The zero-order valence-electron chi connectivity index (χ0n) is 24.7. The number of rotatable bonds is 12. The van der Waals surface area contributed by atoms with Crippen LogP contribution >= 0.6 is 0 Å².